The Labute approximate surface area is 398 Å². The summed E-state index contributed by atoms with van der Waals surface area (Å²) in [4.78, 5) is 13.0. The Morgan fingerprint density at radius 2 is 0.954 bits per heavy atom. The van der Waals surface area contributed by atoms with E-state index in [1.54, 1.807) is 6.08 Å². The van der Waals surface area contributed by atoms with Crippen LogP contribution in [0.3, 0.4) is 0 Å². The lowest BCUT2D eigenvalue weighted by molar-refractivity contribution is -0.302. The third-order valence-corrected chi connectivity index (χ3v) is 12.6. The van der Waals surface area contributed by atoms with Crippen LogP contribution in [0.2, 0.25) is 0 Å². The second kappa shape index (κ2) is 45.7. The number of amides is 1. The largest absolute Gasteiger partial charge is 0.394 e. The van der Waals surface area contributed by atoms with Gasteiger partial charge in [-0.25, -0.2) is 0 Å². The van der Waals surface area contributed by atoms with Gasteiger partial charge in [-0.2, -0.15) is 0 Å². The topological polar surface area (TPSA) is 149 Å². The maximum atomic E-state index is 13.0. The van der Waals surface area contributed by atoms with Crippen LogP contribution in [0.15, 0.2) is 60.8 Å². The van der Waals surface area contributed by atoms with Crippen molar-refractivity contribution < 1.29 is 39.8 Å². The molecule has 1 heterocycles. The van der Waals surface area contributed by atoms with E-state index in [0.29, 0.717) is 6.42 Å². The molecule has 0 aliphatic carbocycles. The van der Waals surface area contributed by atoms with E-state index < -0.39 is 49.5 Å². The summed E-state index contributed by atoms with van der Waals surface area (Å²) in [5, 5.41) is 54.3. The van der Waals surface area contributed by atoms with Crippen molar-refractivity contribution in [1.82, 2.24) is 5.32 Å². The molecular formula is C56H101NO8. The molecule has 0 aromatic heterocycles. The van der Waals surface area contributed by atoms with Crippen LogP contribution in [0, 0.1) is 0 Å². The first kappa shape index (κ1) is 60.9. The highest BCUT2D eigenvalue weighted by atomic mass is 16.7. The number of aliphatic hydroxyl groups excluding tert-OH is 5. The molecule has 1 rings (SSSR count). The van der Waals surface area contributed by atoms with Crippen LogP contribution >= 0.6 is 0 Å². The first-order valence-electron chi connectivity index (χ1n) is 27.0. The number of hydrogen-bond donors (Lipinski definition) is 6. The lowest BCUT2D eigenvalue weighted by atomic mass is 9.99. The Kier molecular flexibility index (Phi) is 42.8. The number of ether oxygens (including phenoxy) is 2. The molecule has 6 N–H and O–H groups in total. The summed E-state index contributed by atoms with van der Waals surface area (Å²) in [6.45, 7) is 3.65. The summed E-state index contributed by atoms with van der Waals surface area (Å²) in [7, 11) is 0. The van der Waals surface area contributed by atoms with Gasteiger partial charge in [0.1, 0.15) is 24.4 Å². The number of hydrogen-bond acceptors (Lipinski definition) is 8. The number of unbranched alkanes of at least 4 members (excludes halogenated alkanes) is 27. The predicted octanol–water partition coefficient (Wildman–Crippen LogP) is 12.7. The Morgan fingerprint density at radius 1 is 0.538 bits per heavy atom. The van der Waals surface area contributed by atoms with Crippen LogP contribution in [0.1, 0.15) is 232 Å². The quantitative estimate of drug-likeness (QED) is 0.0261. The summed E-state index contributed by atoms with van der Waals surface area (Å²) in [6, 6.07) is -0.803. The van der Waals surface area contributed by atoms with Crippen LogP contribution in [0.5, 0.6) is 0 Å². The minimum Gasteiger partial charge on any atom is -0.394 e. The van der Waals surface area contributed by atoms with Crippen LogP contribution in [0.4, 0.5) is 0 Å². The van der Waals surface area contributed by atoms with E-state index in [1.807, 2.05) is 6.08 Å². The predicted molar refractivity (Wildman–Crippen MR) is 272 cm³/mol. The highest BCUT2D eigenvalue weighted by molar-refractivity contribution is 5.76. The SMILES string of the molecule is CC/C=C\C/C=C\C/C=C\C/C=C\CCCCCCCCCCCCCCCCCCCCC(=O)NC(COC1OC(CO)C(O)C(O)C1O)C(O)/C=C/CCCCCCCCCCC. The minimum absolute atomic E-state index is 0.178. The van der Waals surface area contributed by atoms with E-state index in [9.17, 15) is 30.3 Å². The van der Waals surface area contributed by atoms with Crippen molar-refractivity contribution in [1.29, 1.82) is 0 Å². The average Bonchev–Trinajstić information content (AvgIpc) is 3.31. The third kappa shape index (κ3) is 35.7. The third-order valence-electron chi connectivity index (χ3n) is 12.6. The van der Waals surface area contributed by atoms with Gasteiger partial charge in [0.2, 0.25) is 5.91 Å². The van der Waals surface area contributed by atoms with Crippen molar-refractivity contribution >= 4 is 5.91 Å². The lowest BCUT2D eigenvalue weighted by Gasteiger charge is -2.40. The fourth-order valence-electron chi connectivity index (χ4n) is 8.32. The Balaban J connectivity index is 2.13. The molecule has 0 radical (unpaired) electrons. The van der Waals surface area contributed by atoms with Gasteiger partial charge in [-0.1, -0.05) is 229 Å². The van der Waals surface area contributed by atoms with Gasteiger partial charge in [0.15, 0.2) is 6.29 Å². The Hall–Kier alpha value is -2.11. The normalized spacial score (nSPS) is 20.4. The van der Waals surface area contributed by atoms with Gasteiger partial charge in [-0.3, -0.25) is 4.79 Å². The zero-order chi connectivity index (χ0) is 47.3. The number of nitrogens with one attached hydrogen (secondary N) is 1. The summed E-state index contributed by atoms with van der Waals surface area (Å²) in [5.41, 5.74) is 0. The maximum absolute atomic E-state index is 13.0. The molecule has 7 atom stereocenters. The molecule has 65 heavy (non-hydrogen) atoms. The van der Waals surface area contributed by atoms with Gasteiger partial charge in [-0.15, -0.1) is 0 Å². The highest BCUT2D eigenvalue weighted by Gasteiger charge is 2.44. The monoisotopic (exact) mass is 916 g/mol. The van der Waals surface area contributed by atoms with E-state index >= 15 is 0 Å². The fourth-order valence-corrected chi connectivity index (χ4v) is 8.32. The van der Waals surface area contributed by atoms with Crippen molar-refractivity contribution in [2.75, 3.05) is 13.2 Å². The van der Waals surface area contributed by atoms with Crippen molar-refractivity contribution in [2.45, 2.75) is 275 Å². The number of aliphatic hydroxyl groups is 5. The first-order valence-corrected chi connectivity index (χ1v) is 27.0. The minimum atomic E-state index is -1.57. The summed E-state index contributed by atoms with van der Waals surface area (Å²) in [5.74, 6) is -0.178. The molecule has 1 fully saturated rings. The van der Waals surface area contributed by atoms with Gasteiger partial charge in [0.25, 0.3) is 0 Å². The number of allylic oxidation sites excluding steroid dienone is 9. The molecule has 1 saturated heterocycles. The number of rotatable bonds is 45. The molecule has 0 aromatic carbocycles. The van der Waals surface area contributed by atoms with Crippen molar-refractivity contribution in [3.8, 4) is 0 Å². The maximum Gasteiger partial charge on any atom is 0.220 e. The molecule has 0 saturated carbocycles. The lowest BCUT2D eigenvalue weighted by Crippen LogP contribution is -2.60. The van der Waals surface area contributed by atoms with Crippen molar-refractivity contribution in [3.63, 3.8) is 0 Å². The standard InChI is InChI=1S/C56H101NO8/c1-3-5-7-9-11-13-15-16-17-18-19-20-21-22-23-24-25-26-27-28-29-30-31-32-33-34-36-38-40-42-44-46-52(60)57-49(48-64-56-55(63)54(62)53(61)51(47-58)65-56)50(59)45-43-41-39-37-35-14-12-10-8-6-4-2/h5,7,11,13,16-17,19-20,43,45,49-51,53-56,58-59,61-63H,3-4,6,8-10,12,14-15,18,21-42,44,46-48H2,1-2H3,(H,57,60)/b7-5-,13-11-,17-16-,20-19-,45-43+. The van der Waals surface area contributed by atoms with Gasteiger partial charge >= 0.3 is 0 Å². The Morgan fingerprint density at radius 3 is 1.42 bits per heavy atom. The molecule has 9 nitrogen and oxygen atoms in total. The van der Waals surface area contributed by atoms with Crippen LogP contribution in [-0.2, 0) is 14.3 Å². The first-order chi connectivity index (χ1) is 31.8. The molecule has 9 heteroatoms. The molecule has 7 unspecified atom stereocenters. The molecule has 1 aliphatic heterocycles. The highest BCUT2D eigenvalue weighted by Crippen LogP contribution is 2.23. The second-order valence-electron chi connectivity index (χ2n) is 18.6. The summed E-state index contributed by atoms with van der Waals surface area (Å²) >= 11 is 0. The average molecular weight is 916 g/mol. The van der Waals surface area contributed by atoms with Gasteiger partial charge in [-0.05, 0) is 57.8 Å². The molecular weight excluding hydrogens is 815 g/mol. The zero-order valence-corrected chi connectivity index (χ0v) is 41.7. The van der Waals surface area contributed by atoms with Gasteiger partial charge in [0.05, 0.1) is 25.4 Å². The van der Waals surface area contributed by atoms with Crippen molar-refractivity contribution in [2.24, 2.45) is 0 Å². The summed E-state index contributed by atoms with van der Waals surface area (Å²) < 4.78 is 11.2. The van der Waals surface area contributed by atoms with E-state index in [0.717, 1.165) is 64.2 Å². The van der Waals surface area contributed by atoms with Crippen LogP contribution in [0.25, 0.3) is 0 Å². The van der Waals surface area contributed by atoms with Gasteiger partial charge < -0.3 is 40.3 Å². The van der Waals surface area contributed by atoms with Crippen molar-refractivity contribution in [3.05, 3.63) is 60.8 Å². The number of carbonyl (C=O) groups excluding carboxylic acids is 1. The second-order valence-corrected chi connectivity index (χ2v) is 18.6. The molecule has 1 amide bonds. The van der Waals surface area contributed by atoms with Gasteiger partial charge in [0, 0.05) is 6.42 Å². The summed E-state index contributed by atoms with van der Waals surface area (Å²) in [6.07, 6.45) is 54.4. The van der Waals surface area contributed by atoms with E-state index in [4.69, 9.17) is 9.47 Å². The molecule has 0 bridgehead atoms. The Bertz CT molecular complexity index is 1200. The smallest absolute Gasteiger partial charge is 0.220 e. The van der Waals surface area contributed by atoms with E-state index in [-0.39, 0.29) is 12.5 Å². The molecule has 378 valence electrons. The molecule has 0 spiro atoms. The van der Waals surface area contributed by atoms with Crippen LogP contribution < -0.4 is 5.32 Å². The molecule has 0 aromatic rings. The zero-order valence-electron chi connectivity index (χ0n) is 41.7. The van der Waals surface area contributed by atoms with Crippen LogP contribution in [-0.4, -0.2) is 87.5 Å². The van der Waals surface area contributed by atoms with E-state index in [1.165, 1.54) is 148 Å². The molecule has 1 aliphatic rings. The fraction of sp³-hybridized carbons (Fsp3) is 0.804. The number of carbonyl (C=O) groups is 1. The van der Waals surface area contributed by atoms with E-state index in [2.05, 4.69) is 67.8 Å².